The molecule has 8 heteroatoms. The van der Waals surface area contributed by atoms with Crippen LogP contribution in [0.25, 0.3) is 0 Å². The van der Waals surface area contributed by atoms with Crippen molar-refractivity contribution < 1.29 is 22.7 Å². The molecular formula is C26H34N2O5S. The summed E-state index contributed by atoms with van der Waals surface area (Å²) in [5.74, 6) is 1.39. The van der Waals surface area contributed by atoms with Crippen molar-refractivity contribution in [3.05, 3.63) is 53.6 Å². The zero-order chi connectivity index (χ0) is 24.1. The van der Waals surface area contributed by atoms with Crippen LogP contribution in [0.5, 0.6) is 11.5 Å². The summed E-state index contributed by atoms with van der Waals surface area (Å²) in [6, 6.07) is 12.6. The predicted octanol–water partition coefficient (Wildman–Crippen LogP) is 4.12. The van der Waals surface area contributed by atoms with Gasteiger partial charge in [0, 0.05) is 31.2 Å². The summed E-state index contributed by atoms with van der Waals surface area (Å²) in [5.41, 5.74) is 1.69. The number of ether oxygens (including phenoxy) is 2. The van der Waals surface area contributed by atoms with Crippen molar-refractivity contribution in [3.8, 4) is 11.5 Å². The number of carbonyl (C=O) groups is 1. The molecule has 0 aromatic heterocycles. The molecule has 1 amide bonds. The Morgan fingerprint density at radius 1 is 0.912 bits per heavy atom. The molecule has 34 heavy (non-hydrogen) atoms. The van der Waals surface area contributed by atoms with Crippen LogP contribution < -0.4 is 9.47 Å². The number of nitrogens with zero attached hydrogens (tertiary/aromatic N) is 2. The number of carbonyl (C=O) groups excluding carboxylic acids is 1. The minimum Gasteiger partial charge on any atom is -0.493 e. The molecule has 0 saturated carbocycles. The Morgan fingerprint density at radius 2 is 1.59 bits per heavy atom. The summed E-state index contributed by atoms with van der Waals surface area (Å²) >= 11 is 0. The van der Waals surface area contributed by atoms with Crippen LogP contribution in [0.4, 0.5) is 0 Å². The van der Waals surface area contributed by atoms with E-state index in [2.05, 4.69) is 0 Å². The number of amides is 1. The molecule has 2 heterocycles. The van der Waals surface area contributed by atoms with Crippen LogP contribution in [-0.4, -0.2) is 63.4 Å². The number of piperidine rings is 1. The molecule has 2 saturated heterocycles. The highest BCUT2D eigenvalue weighted by Crippen LogP contribution is 2.30. The van der Waals surface area contributed by atoms with E-state index in [4.69, 9.17) is 9.47 Å². The lowest BCUT2D eigenvalue weighted by molar-refractivity contribution is 0.0602. The second-order valence-corrected chi connectivity index (χ2v) is 10.9. The summed E-state index contributed by atoms with van der Waals surface area (Å²) in [4.78, 5) is 15.6. The molecule has 2 aromatic rings. The first-order valence-corrected chi connectivity index (χ1v) is 13.5. The summed E-state index contributed by atoms with van der Waals surface area (Å²) in [6.45, 7) is 1.86. The van der Waals surface area contributed by atoms with E-state index in [9.17, 15) is 13.2 Å². The molecule has 2 fully saturated rings. The Kier molecular flexibility index (Phi) is 7.78. The SMILES string of the molecule is COc1ccc(CCC2CCCCN2C(=O)c2ccc(S(=O)(=O)N3CCCC3)cc2)cc1OC. The quantitative estimate of drug-likeness (QED) is 0.561. The van der Waals surface area contributed by atoms with Gasteiger partial charge in [-0.2, -0.15) is 4.31 Å². The maximum absolute atomic E-state index is 13.4. The molecular weight excluding hydrogens is 452 g/mol. The van der Waals surface area contributed by atoms with Crippen LogP contribution in [0.3, 0.4) is 0 Å². The van der Waals surface area contributed by atoms with Crippen molar-refractivity contribution in [3.63, 3.8) is 0 Å². The van der Waals surface area contributed by atoms with Crippen molar-refractivity contribution in [1.29, 1.82) is 0 Å². The second kappa shape index (κ2) is 10.8. The Bertz CT molecular complexity index is 1090. The summed E-state index contributed by atoms with van der Waals surface area (Å²) in [7, 11) is -0.225. The largest absolute Gasteiger partial charge is 0.493 e. The van der Waals surface area contributed by atoms with Crippen LogP contribution in [0, 0.1) is 0 Å². The van der Waals surface area contributed by atoms with Crippen molar-refractivity contribution in [2.75, 3.05) is 33.9 Å². The van der Waals surface area contributed by atoms with Gasteiger partial charge in [0.2, 0.25) is 10.0 Å². The van der Waals surface area contributed by atoms with Crippen molar-refractivity contribution in [1.82, 2.24) is 9.21 Å². The van der Waals surface area contributed by atoms with Gasteiger partial charge in [-0.1, -0.05) is 6.07 Å². The number of sulfonamides is 1. The van der Waals surface area contributed by atoms with Crippen molar-refractivity contribution >= 4 is 15.9 Å². The lowest BCUT2D eigenvalue weighted by Gasteiger charge is -2.36. The van der Waals surface area contributed by atoms with E-state index in [-0.39, 0.29) is 16.8 Å². The fourth-order valence-electron chi connectivity index (χ4n) is 4.95. The zero-order valence-corrected chi connectivity index (χ0v) is 20.9. The summed E-state index contributed by atoms with van der Waals surface area (Å²) < 4.78 is 37.8. The normalized spacial score (nSPS) is 19.2. The van der Waals surface area contributed by atoms with Crippen LogP contribution in [0.15, 0.2) is 47.4 Å². The van der Waals surface area contributed by atoms with Gasteiger partial charge in [-0.15, -0.1) is 0 Å². The van der Waals surface area contributed by atoms with E-state index in [1.54, 1.807) is 38.5 Å². The number of rotatable bonds is 8. The topological polar surface area (TPSA) is 76.2 Å². The fraction of sp³-hybridized carbons (Fsp3) is 0.500. The molecule has 1 unspecified atom stereocenters. The number of hydrogen-bond acceptors (Lipinski definition) is 5. The van der Waals surface area contributed by atoms with E-state index < -0.39 is 10.0 Å². The predicted molar refractivity (Wildman–Crippen MR) is 131 cm³/mol. The molecule has 2 aromatic carbocycles. The third-order valence-electron chi connectivity index (χ3n) is 6.91. The molecule has 1 atom stereocenters. The highest BCUT2D eigenvalue weighted by atomic mass is 32.2. The molecule has 0 N–H and O–H groups in total. The minimum atomic E-state index is -3.48. The van der Waals surface area contributed by atoms with E-state index in [0.29, 0.717) is 30.2 Å². The standard InChI is InChI=1S/C26H34N2O5S/c1-32-24-15-9-20(19-25(24)33-2)8-12-22-7-3-4-18-28(22)26(29)21-10-13-23(14-11-21)34(30,31)27-16-5-6-17-27/h9-11,13-15,19,22H,3-8,12,16-18H2,1-2H3. The summed E-state index contributed by atoms with van der Waals surface area (Å²) in [6.07, 6.45) is 6.56. The maximum atomic E-state index is 13.4. The first-order chi connectivity index (χ1) is 16.4. The molecule has 184 valence electrons. The van der Waals surface area contributed by atoms with E-state index in [1.807, 2.05) is 23.1 Å². The van der Waals surface area contributed by atoms with Gasteiger partial charge in [-0.3, -0.25) is 4.79 Å². The maximum Gasteiger partial charge on any atom is 0.254 e. The number of aryl methyl sites for hydroxylation is 1. The lowest BCUT2D eigenvalue weighted by Crippen LogP contribution is -2.44. The number of methoxy groups -OCH3 is 2. The second-order valence-electron chi connectivity index (χ2n) is 9.01. The van der Waals surface area contributed by atoms with Crippen LogP contribution >= 0.6 is 0 Å². The van der Waals surface area contributed by atoms with Gasteiger partial charge in [0.05, 0.1) is 19.1 Å². The zero-order valence-electron chi connectivity index (χ0n) is 20.0. The smallest absolute Gasteiger partial charge is 0.254 e. The first kappa shape index (κ1) is 24.5. The molecule has 0 spiro atoms. The van der Waals surface area contributed by atoms with Gasteiger partial charge in [0.25, 0.3) is 5.91 Å². The van der Waals surface area contributed by atoms with Crippen molar-refractivity contribution in [2.45, 2.75) is 55.9 Å². The third-order valence-corrected chi connectivity index (χ3v) is 8.82. The van der Waals surface area contributed by atoms with Gasteiger partial charge < -0.3 is 14.4 Å². The van der Waals surface area contributed by atoms with Gasteiger partial charge in [0.15, 0.2) is 11.5 Å². The van der Waals surface area contributed by atoms with E-state index in [1.165, 1.54) is 4.31 Å². The average molecular weight is 487 g/mol. The molecule has 2 aliphatic rings. The molecule has 4 rings (SSSR count). The average Bonchev–Trinajstić information content (AvgIpc) is 3.43. The van der Waals surface area contributed by atoms with E-state index in [0.717, 1.165) is 57.1 Å². The molecule has 7 nitrogen and oxygen atoms in total. The Hall–Kier alpha value is -2.58. The highest BCUT2D eigenvalue weighted by molar-refractivity contribution is 7.89. The van der Waals surface area contributed by atoms with Gasteiger partial charge in [-0.05, 0) is 86.9 Å². The lowest BCUT2D eigenvalue weighted by atomic mass is 9.95. The minimum absolute atomic E-state index is 0.0258. The Labute approximate surface area is 202 Å². The van der Waals surface area contributed by atoms with Crippen LogP contribution in [0.2, 0.25) is 0 Å². The molecule has 0 radical (unpaired) electrons. The van der Waals surface area contributed by atoms with Crippen LogP contribution in [0.1, 0.15) is 54.4 Å². The summed E-state index contributed by atoms with van der Waals surface area (Å²) in [5, 5.41) is 0. The monoisotopic (exact) mass is 486 g/mol. The molecule has 0 aliphatic carbocycles. The number of likely N-dealkylation sites (tertiary alicyclic amines) is 1. The van der Waals surface area contributed by atoms with E-state index >= 15 is 0 Å². The Morgan fingerprint density at radius 3 is 2.26 bits per heavy atom. The molecule has 2 aliphatic heterocycles. The first-order valence-electron chi connectivity index (χ1n) is 12.1. The van der Waals surface area contributed by atoms with Crippen LogP contribution in [-0.2, 0) is 16.4 Å². The van der Waals surface area contributed by atoms with Gasteiger partial charge in [0.1, 0.15) is 0 Å². The Balaban J connectivity index is 1.44. The number of benzene rings is 2. The fourth-order valence-corrected chi connectivity index (χ4v) is 6.47. The van der Waals surface area contributed by atoms with Gasteiger partial charge in [-0.25, -0.2) is 8.42 Å². The highest BCUT2D eigenvalue weighted by Gasteiger charge is 2.29. The molecule has 0 bridgehead atoms. The van der Waals surface area contributed by atoms with Crippen molar-refractivity contribution in [2.24, 2.45) is 0 Å². The number of hydrogen-bond donors (Lipinski definition) is 0. The third kappa shape index (κ3) is 5.23. The van der Waals surface area contributed by atoms with Gasteiger partial charge >= 0.3 is 0 Å².